The molecule has 2 unspecified atom stereocenters. The first-order valence-electron chi connectivity index (χ1n) is 6.11. The molecule has 17 heavy (non-hydrogen) atoms. The van der Waals surface area contributed by atoms with Crippen molar-refractivity contribution in [1.29, 1.82) is 0 Å². The van der Waals surface area contributed by atoms with Crippen LogP contribution >= 0.6 is 0 Å². The van der Waals surface area contributed by atoms with Crippen molar-refractivity contribution in [2.75, 3.05) is 0 Å². The number of carbonyl (C=O) groups excluding carboxylic acids is 1. The van der Waals surface area contributed by atoms with Crippen LogP contribution in [0.4, 0.5) is 4.39 Å². The number of ketones is 1. The summed E-state index contributed by atoms with van der Waals surface area (Å²) >= 11 is 0. The quantitative estimate of drug-likeness (QED) is 0.801. The molecule has 3 heteroatoms. The van der Waals surface area contributed by atoms with E-state index in [1.807, 2.05) is 0 Å². The molecule has 0 bridgehead atoms. The van der Waals surface area contributed by atoms with E-state index in [4.69, 9.17) is 4.74 Å². The lowest BCUT2D eigenvalue weighted by molar-refractivity contribution is 0.0738. The molecule has 1 aliphatic heterocycles. The van der Waals surface area contributed by atoms with Crippen LogP contribution in [0.5, 0.6) is 5.75 Å². The van der Waals surface area contributed by atoms with Crippen LogP contribution in [0.1, 0.15) is 43.5 Å². The Bertz CT molecular complexity index is 428. The van der Waals surface area contributed by atoms with Crippen LogP contribution in [0.2, 0.25) is 0 Å². The van der Waals surface area contributed by atoms with E-state index in [0.29, 0.717) is 23.7 Å². The molecule has 1 aromatic carbocycles. The summed E-state index contributed by atoms with van der Waals surface area (Å²) in [6.07, 6.45) is 2.37. The molecule has 92 valence electrons. The average molecular weight is 236 g/mol. The maximum Gasteiger partial charge on any atom is 0.170 e. The van der Waals surface area contributed by atoms with Crippen molar-refractivity contribution in [1.82, 2.24) is 0 Å². The summed E-state index contributed by atoms with van der Waals surface area (Å²) in [5, 5.41) is 0. The van der Waals surface area contributed by atoms with Crippen molar-refractivity contribution in [2.45, 2.75) is 39.2 Å². The van der Waals surface area contributed by atoms with Crippen molar-refractivity contribution < 1.29 is 13.9 Å². The number of benzene rings is 1. The van der Waals surface area contributed by atoms with Gasteiger partial charge in [-0.3, -0.25) is 4.79 Å². The number of halogens is 1. The van der Waals surface area contributed by atoms with E-state index in [1.165, 1.54) is 18.2 Å². The van der Waals surface area contributed by atoms with Crippen molar-refractivity contribution in [2.24, 2.45) is 5.92 Å². The van der Waals surface area contributed by atoms with Crippen molar-refractivity contribution in [3.63, 3.8) is 0 Å². The van der Waals surface area contributed by atoms with Crippen LogP contribution in [0.25, 0.3) is 0 Å². The second kappa shape index (κ2) is 4.86. The largest absolute Gasteiger partial charge is 0.489 e. The molecule has 0 saturated carbocycles. The van der Waals surface area contributed by atoms with E-state index in [0.717, 1.165) is 12.8 Å². The minimum atomic E-state index is -0.361. The molecule has 0 radical (unpaired) electrons. The number of carbonyl (C=O) groups is 1. The van der Waals surface area contributed by atoms with E-state index in [2.05, 4.69) is 13.8 Å². The molecule has 0 N–H and O–H groups in total. The first-order valence-corrected chi connectivity index (χ1v) is 6.11. The number of Topliss-reactive ketones (excluding diaryl/α,β-unsaturated/α-hetero) is 1. The first-order chi connectivity index (χ1) is 8.11. The van der Waals surface area contributed by atoms with Gasteiger partial charge in [-0.05, 0) is 24.5 Å². The molecule has 0 amide bonds. The van der Waals surface area contributed by atoms with Gasteiger partial charge in [0, 0.05) is 12.5 Å². The van der Waals surface area contributed by atoms with Gasteiger partial charge in [-0.1, -0.05) is 20.3 Å². The zero-order valence-corrected chi connectivity index (χ0v) is 10.2. The van der Waals surface area contributed by atoms with Gasteiger partial charge in [0.15, 0.2) is 5.78 Å². The molecule has 0 aliphatic carbocycles. The Morgan fingerprint density at radius 3 is 3.00 bits per heavy atom. The van der Waals surface area contributed by atoms with E-state index >= 15 is 0 Å². The molecule has 1 heterocycles. The molecular weight excluding hydrogens is 219 g/mol. The Balaban J connectivity index is 2.22. The Labute approximate surface area is 101 Å². The van der Waals surface area contributed by atoms with E-state index in [9.17, 15) is 9.18 Å². The van der Waals surface area contributed by atoms with E-state index in [-0.39, 0.29) is 17.7 Å². The summed E-state index contributed by atoms with van der Waals surface area (Å²) in [7, 11) is 0. The summed E-state index contributed by atoms with van der Waals surface area (Å²) in [5.41, 5.74) is 0.506. The van der Waals surface area contributed by atoms with Crippen LogP contribution in [0.3, 0.4) is 0 Å². The summed E-state index contributed by atoms with van der Waals surface area (Å²) in [4.78, 5) is 11.9. The standard InChI is InChI=1S/C14H17FO2/c1-3-4-9(2)13-8-12(16)11-6-5-10(15)7-14(11)17-13/h5-7,9,13H,3-4,8H2,1-2H3. The third-order valence-corrected chi connectivity index (χ3v) is 3.29. The van der Waals surface area contributed by atoms with Crippen LogP contribution in [-0.4, -0.2) is 11.9 Å². The average Bonchev–Trinajstić information content (AvgIpc) is 2.28. The van der Waals surface area contributed by atoms with E-state index < -0.39 is 0 Å². The van der Waals surface area contributed by atoms with Crippen molar-refractivity contribution in [3.05, 3.63) is 29.6 Å². The Kier molecular flexibility index (Phi) is 3.46. The third-order valence-electron chi connectivity index (χ3n) is 3.29. The lowest BCUT2D eigenvalue weighted by atomic mass is 9.91. The molecule has 0 spiro atoms. The minimum Gasteiger partial charge on any atom is -0.489 e. The zero-order valence-electron chi connectivity index (χ0n) is 10.2. The van der Waals surface area contributed by atoms with Crippen molar-refractivity contribution >= 4 is 5.78 Å². The molecule has 2 atom stereocenters. The molecule has 1 aromatic rings. The number of fused-ring (bicyclic) bond motifs is 1. The fourth-order valence-corrected chi connectivity index (χ4v) is 2.28. The number of hydrogen-bond acceptors (Lipinski definition) is 2. The number of rotatable bonds is 3. The Morgan fingerprint density at radius 2 is 2.29 bits per heavy atom. The molecule has 0 fully saturated rings. The number of ether oxygens (including phenoxy) is 1. The Morgan fingerprint density at radius 1 is 1.53 bits per heavy atom. The SMILES string of the molecule is CCCC(C)C1CC(=O)c2ccc(F)cc2O1. The van der Waals surface area contributed by atoms with Gasteiger partial charge in [-0.15, -0.1) is 0 Å². The monoisotopic (exact) mass is 236 g/mol. The number of hydrogen-bond donors (Lipinski definition) is 0. The first kappa shape index (κ1) is 12.1. The fourth-order valence-electron chi connectivity index (χ4n) is 2.28. The summed E-state index contributed by atoms with van der Waals surface area (Å²) in [5.74, 6) is 0.411. The summed E-state index contributed by atoms with van der Waals surface area (Å²) in [6.45, 7) is 4.18. The minimum absolute atomic E-state index is 0.0548. The highest BCUT2D eigenvalue weighted by Crippen LogP contribution is 2.31. The highest BCUT2D eigenvalue weighted by atomic mass is 19.1. The highest BCUT2D eigenvalue weighted by Gasteiger charge is 2.29. The van der Waals surface area contributed by atoms with Crippen LogP contribution < -0.4 is 4.74 Å². The van der Waals surface area contributed by atoms with Gasteiger partial charge in [0.05, 0.1) is 5.56 Å². The second-order valence-corrected chi connectivity index (χ2v) is 4.69. The fraction of sp³-hybridized carbons (Fsp3) is 0.500. The molecule has 0 saturated heterocycles. The molecular formula is C14H17FO2. The van der Waals surface area contributed by atoms with Crippen molar-refractivity contribution in [3.8, 4) is 5.75 Å². The maximum absolute atomic E-state index is 13.1. The van der Waals surface area contributed by atoms with Crippen LogP contribution in [0.15, 0.2) is 18.2 Å². The van der Waals surface area contributed by atoms with Crippen LogP contribution in [0, 0.1) is 11.7 Å². The van der Waals surface area contributed by atoms with Gasteiger partial charge in [-0.2, -0.15) is 0 Å². The van der Waals surface area contributed by atoms with Gasteiger partial charge in [0.2, 0.25) is 0 Å². The van der Waals surface area contributed by atoms with E-state index in [1.54, 1.807) is 0 Å². The smallest absolute Gasteiger partial charge is 0.170 e. The molecule has 0 aromatic heterocycles. The third kappa shape index (κ3) is 2.48. The normalized spacial score (nSPS) is 20.6. The van der Waals surface area contributed by atoms with Gasteiger partial charge in [0.1, 0.15) is 17.7 Å². The highest BCUT2D eigenvalue weighted by molar-refractivity contribution is 5.99. The predicted octanol–water partition coefficient (Wildman–Crippen LogP) is 3.60. The summed E-state index contributed by atoms with van der Waals surface area (Å²) in [6, 6.07) is 4.11. The van der Waals surface area contributed by atoms with Crippen LogP contribution in [-0.2, 0) is 0 Å². The zero-order chi connectivity index (χ0) is 12.4. The lowest BCUT2D eigenvalue weighted by Crippen LogP contribution is -2.32. The predicted molar refractivity (Wildman–Crippen MR) is 63.8 cm³/mol. The molecule has 2 nitrogen and oxygen atoms in total. The van der Waals surface area contributed by atoms with Gasteiger partial charge in [-0.25, -0.2) is 4.39 Å². The summed E-state index contributed by atoms with van der Waals surface area (Å²) < 4.78 is 18.8. The maximum atomic E-state index is 13.1. The molecule has 1 aliphatic rings. The topological polar surface area (TPSA) is 26.3 Å². The lowest BCUT2D eigenvalue weighted by Gasteiger charge is -2.29. The second-order valence-electron chi connectivity index (χ2n) is 4.69. The van der Waals surface area contributed by atoms with Gasteiger partial charge < -0.3 is 4.74 Å². The van der Waals surface area contributed by atoms with Gasteiger partial charge >= 0.3 is 0 Å². The molecule has 2 rings (SSSR count). The Hall–Kier alpha value is -1.38. The van der Waals surface area contributed by atoms with Gasteiger partial charge in [0.25, 0.3) is 0 Å².